The molecule has 1 aliphatic rings. The summed E-state index contributed by atoms with van der Waals surface area (Å²) in [6, 6.07) is 12.4. The van der Waals surface area contributed by atoms with E-state index in [1.54, 1.807) is 29.8 Å². The van der Waals surface area contributed by atoms with Crippen LogP contribution < -0.4 is 16.0 Å². The van der Waals surface area contributed by atoms with Gasteiger partial charge < -0.3 is 25.6 Å². The Labute approximate surface area is 242 Å². The van der Waals surface area contributed by atoms with E-state index in [0.29, 0.717) is 44.0 Å². The molecule has 5 rings (SSSR count). The number of imidazole rings is 1. The molecule has 0 fully saturated rings. The first kappa shape index (κ1) is 27.8. The van der Waals surface area contributed by atoms with Crippen LogP contribution in [0, 0.1) is 5.41 Å². The molecule has 0 radical (unpaired) electrons. The summed E-state index contributed by atoms with van der Waals surface area (Å²) in [6.07, 6.45) is 3.18. The number of rotatable bonds is 6. The number of carbonyl (C=O) groups is 2. The van der Waals surface area contributed by atoms with E-state index in [1.165, 1.54) is 17.2 Å². The molecule has 0 bridgehead atoms. The third-order valence-electron chi connectivity index (χ3n) is 7.13. The molecule has 3 aromatic carbocycles. The maximum absolute atomic E-state index is 13.1. The van der Waals surface area contributed by atoms with Gasteiger partial charge in [-0.15, -0.1) is 0 Å². The van der Waals surface area contributed by atoms with Crippen LogP contribution in [0.4, 0.5) is 17.3 Å². The highest BCUT2D eigenvalue weighted by atomic mass is 35.5. The molecular weight excluding hydrogens is 549 g/mol. The van der Waals surface area contributed by atoms with Crippen molar-refractivity contribution in [2.24, 2.45) is 12.5 Å². The van der Waals surface area contributed by atoms with E-state index in [0.717, 1.165) is 19.3 Å². The van der Waals surface area contributed by atoms with Crippen molar-refractivity contribution in [3.63, 3.8) is 0 Å². The summed E-state index contributed by atoms with van der Waals surface area (Å²) in [5, 5.41) is 20.4. The molecule has 2 amide bonds. The maximum atomic E-state index is 13.1. The van der Waals surface area contributed by atoms with Crippen LogP contribution in [0.2, 0.25) is 10.0 Å². The minimum Gasteiger partial charge on any atom is -0.507 e. The average molecular weight is 581 g/mol. The predicted octanol–water partition coefficient (Wildman–Crippen LogP) is 6.73. The van der Waals surface area contributed by atoms with Gasteiger partial charge in [-0.1, -0.05) is 56.1 Å². The van der Waals surface area contributed by atoms with Crippen molar-refractivity contribution in [1.82, 2.24) is 14.9 Å². The largest absolute Gasteiger partial charge is 0.507 e. The van der Waals surface area contributed by atoms with Crippen LogP contribution in [0.1, 0.15) is 54.2 Å². The zero-order valence-electron chi connectivity index (χ0n) is 22.8. The third-order valence-corrected chi connectivity index (χ3v) is 7.87. The molecule has 0 atom stereocenters. The Hall–Kier alpha value is -3.75. The highest BCUT2D eigenvalue weighted by Gasteiger charge is 2.22. The number of aryl methyl sites for hydroxylation is 3. The Kier molecular flexibility index (Phi) is 7.42. The Morgan fingerprint density at radius 2 is 1.80 bits per heavy atom. The topological polar surface area (TPSA) is 108 Å². The lowest BCUT2D eigenvalue weighted by molar-refractivity contribution is -0.128. The van der Waals surface area contributed by atoms with E-state index >= 15 is 0 Å². The molecule has 8 nitrogen and oxygen atoms in total. The molecule has 0 aliphatic heterocycles. The molecule has 40 heavy (non-hydrogen) atoms. The fourth-order valence-corrected chi connectivity index (χ4v) is 5.30. The number of nitrogens with one attached hydrogen (secondary N) is 3. The number of fused-ring (bicyclic) bond motifs is 2. The first-order valence-electron chi connectivity index (χ1n) is 13.1. The lowest BCUT2D eigenvalue weighted by atomic mass is 9.95. The molecule has 1 aromatic heterocycles. The van der Waals surface area contributed by atoms with Crippen LogP contribution in [-0.4, -0.2) is 26.5 Å². The first-order valence-corrected chi connectivity index (χ1v) is 13.8. The minimum absolute atomic E-state index is 0.0980. The van der Waals surface area contributed by atoms with Gasteiger partial charge in [0.1, 0.15) is 5.75 Å². The van der Waals surface area contributed by atoms with E-state index in [-0.39, 0.29) is 23.8 Å². The summed E-state index contributed by atoms with van der Waals surface area (Å²) in [7, 11) is 1.77. The lowest BCUT2D eigenvalue weighted by Gasteiger charge is -2.19. The molecule has 208 valence electrons. The van der Waals surface area contributed by atoms with E-state index in [1.807, 2.05) is 39.0 Å². The van der Waals surface area contributed by atoms with Gasteiger partial charge in [0.25, 0.3) is 5.91 Å². The number of hydrogen-bond acceptors (Lipinski definition) is 5. The number of phenolic OH excluding ortho intramolecular Hbond substituents is 1. The standard InChI is InChI=1S/C30H31Cl2N5O3/c1-30(2,3)28(40)33-15-18-9-11-21(31)26(25(18)32)36-29-35-22-13-20(24(38)14-23(22)37(29)4)27(39)34-19-10-8-16-6-5-7-17(16)12-19/h8-14,38H,5-7,15H2,1-4H3,(H,33,40)(H,34,39)(H,35,36). The van der Waals surface area contributed by atoms with E-state index < -0.39 is 11.3 Å². The lowest BCUT2D eigenvalue weighted by Crippen LogP contribution is -2.34. The van der Waals surface area contributed by atoms with Crippen molar-refractivity contribution in [2.75, 3.05) is 10.6 Å². The second kappa shape index (κ2) is 10.7. The number of halogens is 2. The molecule has 0 saturated carbocycles. The van der Waals surface area contributed by atoms with Gasteiger partial charge in [0.2, 0.25) is 11.9 Å². The molecule has 1 aliphatic carbocycles. The van der Waals surface area contributed by atoms with Crippen LogP contribution in [0.25, 0.3) is 11.0 Å². The van der Waals surface area contributed by atoms with Gasteiger partial charge in [0, 0.05) is 30.8 Å². The van der Waals surface area contributed by atoms with E-state index in [2.05, 4.69) is 20.9 Å². The second-order valence-electron chi connectivity index (χ2n) is 11.1. The first-order chi connectivity index (χ1) is 18.9. The number of amides is 2. The van der Waals surface area contributed by atoms with Crippen LogP contribution in [-0.2, 0) is 31.2 Å². The molecule has 10 heteroatoms. The minimum atomic E-state index is -0.532. The normalized spacial score (nSPS) is 12.8. The molecule has 0 unspecified atom stereocenters. The molecule has 1 heterocycles. The number of benzene rings is 3. The fourth-order valence-electron chi connectivity index (χ4n) is 4.77. The van der Waals surface area contributed by atoms with Gasteiger partial charge in [0.15, 0.2) is 0 Å². The SMILES string of the molecule is Cn1c(Nc2c(Cl)ccc(CNC(=O)C(C)(C)C)c2Cl)nc2cc(C(=O)Nc3ccc4c(c3)CCC4)c(O)cc21. The molecule has 0 spiro atoms. The van der Waals surface area contributed by atoms with Gasteiger partial charge in [-0.25, -0.2) is 4.98 Å². The number of carbonyl (C=O) groups excluding carboxylic acids is 2. The molecule has 4 N–H and O–H groups in total. The second-order valence-corrected chi connectivity index (χ2v) is 11.9. The summed E-state index contributed by atoms with van der Waals surface area (Å²) < 4.78 is 1.73. The van der Waals surface area contributed by atoms with Crippen LogP contribution >= 0.6 is 23.2 Å². The number of aromatic hydroxyl groups is 1. The van der Waals surface area contributed by atoms with Crippen molar-refractivity contribution in [1.29, 1.82) is 0 Å². The van der Waals surface area contributed by atoms with Gasteiger partial charge in [-0.3, -0.25) is 9.59 Å². The zero-order valence-corrected chi connectivity index (χ0v) is 24.3. The smallest absolute Gasteiger partial charge is 0.259 e. The van der Waals surface area contributed by atoms with E-state index in [9.17, 15) is 14.7 Å². The summed E-state index contributed by atoms with van der Waals surface area (Å²) in [5.41, 5.74) is 5.07. The monoisotopic (exact) mass is 579 g/mol. The molecule has 0 saturated heterocycles. The van der Waals surface area contributed by atoms with Gasteiger partial charge >= 0.3 is 0 Å². The number of phenols is 1. The van der Waals surface area contributed by atoms with Crippen molar-refractivity contribution < 1.29 is 14.7 Å². The number of anilines is 3. The predicted molar refractivity (Wildman–Crippen MR) is 160 cm³/mol. The highest BCUT2D eigenvalue weighted by Crippen LogP contribution is 2.37. The summed E-state index contributed by atoms with van der Waals surface area (Å²) in [6.45, 7) is 5.75. The Balaban J connectivity index is 1.40. The van der Waals surface area contributed by atoms with Crippen LogP contribution in [0.3, 0.4) is 0 Å². The summed E-state index contributed by atoms with van der Waals surface area (Å²) in [4.78, 5) is 30.0. The van der Waals surface area contributed by atoms with Crippen LogP contribution in [0.5, 0.6) is 5.75 Å². The number of hydrogen-bond donors (Lipinski definition) is 4. The summed E-state index contributed by atoms with van der Waals surface area (Å²) >= 11 is 13.2. The molecular formula is C30H31Cl2N5O3. The van der Waals surface area contributed by atoms with Crippen molar-refractivity contribution in [3.05, 3.63) is 74.8 Å². The van der Waals surface area contributed by atoms with Gasteiger partial charge in [-0.2, -0.15) is 0 Å². The van der Waals surface area contributed by atoms with Crippen LogP contribution in [0.15, 0.2) is 42.5 Å². The third kappa shape index (κ3) is 5.46. The molecule has 4 aromatic rings. The fraction of sp³-hybridized carbons (Fsp3) is 0.300. The summed E-state index contributed by atoms with van der Waals surface area (Å²) in [5.74, 6) is -0.272. The quantitative estimate of drug-likeness (QED) is 0.202. The Morgan fingerprint density at radius 3 is 2.55 bits per heavy atom. The van der Waals surface area contributed by atoms with Crippen molar-refractivity contribution in [2.45, 2.75) is 46.6 Å². The number of aromatic nitrogens is 2. The highest BCUT2D eigenvalue weighted by molar-refractivity contribution is 6.39. The number of nitrogens with zero attached hydrogens (tertiary/aromatic N) is 2. The maximum Gasteiger partial charge on any atom is 0.259 e. The van der Waals surface area contributed by atoms with Crippen molar-refractivity contribution in [3.8, 4) is 5.75 Å². The van der Waals surface area contributed by atoms with Crippen molar-refractivity contribution >= 4 is 63.4 Å². The van der Waals surface area contributed by atoms with Gasteiger partial charge in [-0.05, 0) is 60.2 Å². The zero-order chi connectivity index (χ0) is 28.8. The van der Waals surface area contributed by atoms with Gasteiger partial charge in [0.05, 0.1) is 32.3 Å². The average Bonchev–Trinajstić information content (AvgIpc) is 3.48. The Bertz CT molecular complexity index is 1660. The Morgan fingerprint density at radius 1 is 1.05 bits per heavy atom. The van der Waals surface area contributed by atoms with E-state index in [4.69, 9.17) is 23.2 Å².